The Morgan fingerprint density at radius 1 is 1.39 bits per heavy atom. The molecule has 0 aliphatic carbocycles. The van der Waals surface area contributed by atoms with E-state index in [1.165, 1.54) is 7.11 Å². The van der Waals surface area contributed by atoms with Crippen LogP contribution in [-0.2, 0) is 20.7 Å². The topological polar surface area (TPSA) is 81.4 Å². The third-order valence-electron chi connectivity index (χ3n) is 2.64. The van der Waals surface area contributed by atoms with Gasteiger partial charge in [-0.15, -0.1) is 0 Å². The lowest BCUT2D eigenvalue weighted by Gasteiger charge is -2.16. The molecule has 0 saturated heterocycles. The molecule has 2 amide bonds. The first kappa shape index (κ1) is 14.2. The molecule has 0 saturated carbocycles. The van der Waals surface area contributed by atoms with Crippen molar-refractivity contribution < 1.29 is 14.3 Å². The Bertz CT molecular complexity index is 432. The number of nitrogens with two attached hydrogens (primary N) is 1. The highest BCUT2D eigenvalue weighted by Crippen LogP contribution is 2.09. The van der Waals surface area contributed by atoms with Crippen molar-refractivity contribution in [2.24, 2.45) is 5.73 Å². The van der Waals surface area contributed by atoms with Crippen LogP contribution in [0.2, 0.25) is 0 Å². The quantitative estimate of drug-likeness (QED) is 0.754. The second-order valence-corrected chi connectivity index (χ2v) is 4.09. The molecule has 0 unspecified atom stereocenters. The number of ether oxygens (including phenoxy) is 1. The van der Waals surface area contributed by atoms with E-state index in [0.717, 1.165) is 11.1 Å². The van der Waals surface area contributed by atoms with Crippen molar-refractivity contribution in [3.8, 4) is 0 Å². The minimum atomic E-state index is -0.714. The summed E-state index contributed by atoms with van der Waals surface area (Å²) in [7, 11) is 1.42. The van der Waals surface area contributed by atoms with Gasteiger partial charge in [-0.25, -0.2) is 0 Å². The van der Waals surface area contributed by atoms with Crippen LogP contribution in [0.3, 0.4) is 0 Å². The smallest absolute Gasteiger partial charge is 0.246 e. The number of amides is 2. The van der Waals surface area contributed by atoms with Crippen molar-refractivity contribution in [2.75, 3.05) is 13.7 Å². The molecule has 1 aromatic rings. The highest BCUT2D eigenvalue weighted by Gasteiger charge is 2.18. The van der Waals surface area contributed by atoms with E-state index < -0.39 is 11.9 Å². The Kier molecular flexibility index (Phi) is 5.32. The molecule has 3 N–H and O–H groups in total. The molecule has 18 heavy (non-hydrogen) atoms. The van der Waals surface area contributed by atoms with E-state index in [1.54, 1.807) is 0 Å². The van der Waals surface area contributed by atoms with Crippen LogP contribution in [0.1, 0.15) is 11.1 Å². The molecular formula is C13H18N2O3. The molecule has 5 heteroatoms. The normalized spacial score (nSPS) is 11.9. The first-order valence-corrected chi connectivity index (χ1v) is 5.66. The number of hydrogen-bond acceptors (Lipinski definition) is 3. The average molecular weight is 250 g/mol. The van der Waals surface area contributed by atoms with E-state index in [4.69, 9.17) is 10.5 Å². The number of benzene rings is 1. The predicted octanol–water partition coefficient (Wildman–Crippen LogP) is 0.154. The summed E-state index contributed by atoms with van der Waals surface area (Å²) >= 11 is 0. The highest BCUT2D eigenvalue weighted by atomic mass is 16.5. The molecule has 98 valence electrons. The molecule has 0 aromatic heterocycles. The van der Waals surface area contributed by atoms with Gasteiger partial charge in [0.25, 0.3) is 0 Å². The molecule has 1 rings (SSSR count). The number of primary amides is 1. The zero-order valence-electron chi connectivity index (χ0n) is 10.6. The van der Waals surface area contributed by atoms with Gasteiger partial charge in [0, 0.05) is 13.5 Å². The largest absolute Gasteiger partial charge is 0.375 e. The number of nitrogens with one attached hydrogen (secondary N) is 1. The van der Waals surface area contributed by atoms with E-state index in [0.29, 0.717) is 6.42 Å². The maximum Gasteiger partial charge on any atom is 0.246 e. The number of hydrogen-bond donors (Lipinski definition) is 2. The summed E-state index contributed by atoms with van der Waals surface area (Å²) in [4.78, 5) is 22.7. The predicted molar refractivity (Wildman–Crippen MR) is 67.9 cm³/mol. The summed E-state index contributed by atoms with van der Waals surface area (Å²) in [6.07, 6.45) is 0.386. The van der Waals surface area contributed by atoms with Gasteiger partial charge in [0.2, 0.25) is 11.8 Å². The Labute approximate surface area is 106 Å². The molecule has 0 fully saturated rings. The zero-order chi connectivity index (χ0) is 13.5. The van der Waals surface area contributed by atoms with Gasteiger partial charge in [-0.05, 0) is 18.1 Å². The van der Waals surface area contributed by atoms with Crippen LogP contribution in [0.15, 0.2) is 24.3 Å². The summed E-state index contributed by atoms with van der Waals surface area (Å²) in [6, 6.07) is 6.95. The van der Waals surface area contributed by atoms with Gasteiger partial charge in [0.05, 0.1) is 0 Å². The zero-order valence-corrected chi connectivity index (χ0v) is 10.6. The van der Waals surface area contributed by atoms with Gasteiger partial charge in [-0.2, -0.15) is 0 Å². The fourth-order valence-corrected chi connectivity index (χ4v) is 1.65. The fraction of sp³-hybridized carbons (Fsp3) is 0.385. The van der Waals surface area contributed by atoms with E-state index in [1.807, 2.05) is 31.2 Å². The second-order valence-electron chi connectivity index (χ2n) is 4.09. The SMILES string of the molecule is COCC(=O)N[C@@H](Cc1ccccc1C)C(N)=O. The first-order chi connectivity index (χ1) is 8.54. The Hall–Kier alpha value is -1.88. The van der Waals surface area contributed by atoms with Crippen LogP contribution in [0.4, 0.5) is 0 Å². The molecule has 0 spiro atoms. The van der Waals surface area contributed by atoms with Crippen molar-refractivity contribution in [2.45, 2.75) is 19.4 Å². The number of rotatable bonds is 6. The summed E-state index contributed by atoms with van der Waals surface area (Å²) in [6.45, 7) is 1.86. The van der Waals surface area contributed by atoms with Crippen molar-refractivity contribution in [3.63, 3.8) is 0 Å². The van der Waals surface area contributed by atoms with Crippen LogP contribution < -0.4 is 11.1 Å². The number of aryl methyl sites for hydroxylation is 1. The first-order valence-electron chi connectivity index (χ1n) is 5.66. The van der Waals surface area contributed by atoms with Gasteiger partial charge in [-0.3, -0.25) is 9.59 Å². The maximum absolute atomic E-state index is 11.4. The monoisotopic (exact) mass is 250 g/mol. The lowest BCUT2D eigenvalue weighted by Crippen LogP contribution is -2.47. The van der Waals surface area contributed by atoms with Crippen LogP contribution in [0.25, 0.3) is 0 Å². The number of carbonyl (C=O) groups excluding carboxylic acids is 2. The number of methoxy groups -OCH3 is 1. The summed E-state index contributed by atoms with van der Waals surface area (Å²) in [5.74, 6) is -0.905. The van der Waals surface area contributed by atoms with Crippen molar-refractivity contribution in [1.29, 1.82) is 0 Å². The highest BCUT2D eigenvalue weighted by molar-refractivity contribution is 5.87. The Morgan fingerprint density at radius 2 is 2.06 bits per heavy atom. The molecular weight excluding hydrogens is 232 g/mol. The number of carbonyl (C=O) groups is 2. The van der Waals surface area contributed by atoms with Gasteiger partial charge >= 0.3 is 0 Å². The van der Waals surface area contributed by atoms with Crippen molar-refractivity contribution >= 4 is 11.8 Å². The van der Waals surface area contributed by atoms with Crippen molar-refractivity contribution in [3.05, 3.63) is 35.4 Å². The molecule has 0 radical (unpaired) electrons. The molecule has 1 atom stereocenters. The Balaban J connectivity index is 2.72. The second kappa shape index (κ2) is 6.76. The maximum atomic E-state index is 11.4. The molecule has 5 nitrogen and oxygen atoms in total. The third-order valence-corrected chi connectivity index (χ3v) is 2.64. The molecule has 0 heterocycles. The van der Waals surface area contributed by atoms with E-state index in [-0.39, 0.29) is 12.5 Å². The Morgan fingerprint density at radius 3 is 2.61 bits per heavy atom. The van der Waals surface area contributed by atoms with Gasteiger partial charge in [-0.1, -0.05) is 24.3 Å². The molecule has 0 aliphatic rings. The molecule has 0 bridgehead atoms. The third kappa shape index (κ3) is 4.18. The van der Waals surface area contributed by atoms with Gasteiger partial charge in [0.15, 0.2) is 0 Å². The van der Waals surface area contributed by atoms with E-state index in [2.05, 4.69) is 5.32 Å². The minimum absolute atomic E-state index is 0.0858. The lowest BCUT2D eigenvalue weighted by atomic mass is 10.0. The summed E-state index contributed by atoms with van der Waals surface area (Å²) in [5, 5.41) is 2.55. The van der Waals surface area contributed by atoms with E-state index >= 15 is 0 Å². The minimum Gasteiger partial charge on any atom is -0.375 e. The summed E-state index contributed by atoms with van der Waals surface area (Å²) < 4.78 is 4.69. The molecule has 1 aromatic carbocycles. The fourth-order valence-electron chi connectivity index (χ4n) is 1.65. The van der Waals surface area contributed by atoms with Gasteiger partial charge < -0.3 is 15.8 Å². The molecule has 0 aliphatic heterocycles. The average Bonchev–Trinajstić information content (AvgIpc) is 2.31. The lowest BCUT2D eigenvalue weighted by molar-refractivity contribution is -0.129. The van der Waals surface area contributed by atoms with Crippen LogP contribution in [0.5, 0.6) is 0 Å². The van der Waals surface area contributed by atoms with Crippen LogP contribution >= 0.6 is 0 Å². The van der Waals surface area contributed by atoms with Gasteiger partial charge in [0.1, 0.15) is 12.6 Å². The van der Waals surface area contributed by atoms with Crippen LogP contribution in [-0.4, -0.2) is 31.6 Å². The van der Waals surface area contributed by atoms with E-state index in [9.17, 15) is 9.59 Å². The summed E-state index contributed by atoms with van der Waals surface area (Å²) in [5.41, 5.74) is 7.33. The van der Waals surface area contributed by atoms with Crippen molar-refractivity contribution in [1.82, 2.24) is 5.32 Å². The van der Waals surface area contributed by atoms with Crippen LogP contribution in [0, 0.1) is 6.92 Å². The standard InChI is InChI=1S/C13H18N2O3/c1-9-5-3-4-6-10(9)7-11(13(14)17)15-12(16)8-18-2/h3-6,11H,7-8H2,1-2H3,(H2,14,17)(H,15,16)/t11-/m0/s1.